The standard InChI is InChI=1S/C22H17N5O3/c1-26-14-8-7-11(9-15(14)27(2)22(26)29)17-13-10-23-25-20(13)24-19-12-5-3-4-6-16(12)30-21(28)18(17)19/h3-10,17H,1-2H3,(H2,23,24,25)/t17-/m0/s1. The van der Waals surface area contributed by atoms with Gasteiger partial charge in [-0.1, -0.05) is 18.2 Å². The Kier molecular flexibility index (Phi) is 3.22. The largest absolute Gasteiger partial charge is 0.422 e. The molecule has 2 aromatic carbocycles. The molecule has 0 amide bonds. The highest BCUT2D eigenvalue weighted by Gasteiger charge is 2.33. The zero-order valence-corrected chi connectivity index (χ0v) is 16.3. The van der Waals surface area contributed by atoms with Crippen LogP contribution < -0.4 is 16.6 Å². The molecule has 0 saturated carbocycles. The van der Waals surface area contributed by atoms with Crippen LogP contribution in [0.5, 0.6) is 0 Å². The molecule has 2 N–H and O–H groups in total. The van der Waals surface area contributed by atoms with Crippen molar-refractivity contribution in [3.8, 4) is 0 Å². The van der Waals surface area contributed by atoms with Crippen LogP contribution in [0.2, 0.25) is 0 Å². The van der Waals surface area contributed by atoms with Crippen molar-refractivity contribution in [2.75, 3.05) is 5.32 Å². The number of benzene rings is 2. The summed E-state index contributed by atoms with van der Waals surface area (Å²) in [5, 5.41) is 11.3. The number of rotatable bonds is 1. The van der Waals surface area contributed by atoms with E-state index in [-0.39, 0.29) is 11.6 Å². The van der Waals surface area contributed by atoms with Crippen LogP contribution in [0.1, 0.15) is 22.6 Å². The predicted molar refractivity (Wildman–Crippen MR) is 113 cm³/mol. The Morgan fingerprint density at radius 2 is 1.83 bits per heavy atom. The van der Waals surface area contributed by atoms with E-state index in [1.807, 2.05) is 36.4 Å². The molecule has 0 unspecified atom stereocenters. The van der Waals surface area contributed by atoms with Crippen molar-refractivity contribution in [2.45, 2.75) is 5.92 Å². The molecule has 0 fully saturated rings. The van der Waals surface area contributed by atoms with E-state index in [0.29, 0.717) is 16.8 Å². The fourth-order valence-corrected chi connectivity index (χ4v) is 4.51. The molecule has 30 heavy (non-hydrogen) atoms. The molecule has 6 rings (SSSR count). The first-order valence-electron chi connectivity index (χ1n) is 9.56. The number of nitrogens with zero attached hydrogens (tertiary/aromatic N) is 3. The van der Waals surface area contributed by atoms with Crippen LogP contribution in [0.3, 0.4) is 0 Å². The Hall–Kier alpha value is -4.07. The Morgan fingerprint density at radius 3 is 2.70 bits per heavy atom. The first kappa shape index (κ1) is 16.8. The summed E-state index contributed by atoms with van der Waals surface area (Å²) in [5.74, 6) is 0.362. The zero-order chi connectivity index (χ0) is 20.6. The Labute approximate surface area is 169 Å². The molecule has 3 aromatic heterocycles. The van der Waals surface area contributed by atoms with Gasteiger partial charge in [0.25, 0.3) is 0 Å². The molecular weight excluding hydrogens is 382 g/mol. The fraction of sp³-hybridized carbons (Fsp3) is 0.136. The van der Waals surface area contributed by atoms with Crippen LogP contribution in [-0.2, 0) is 14.1 Å². The number of imidazole rings is 1. The second-order valence-electron chi connectivity index (χ2n) is 7.58. The third-order valence-electron chi connectivity index (χ3n) is 6.00. The fourth-order valence-electron chi connectivity index (χ4n) is 4.51. The highest BCUT2D eigenvalue weighted by atomic mass is 16.4. The van der Waals surface area contributed by atoms with Crippen LogP contribution in [0.4, 0.5) is 11.5 Å². The minimum atomic E-state index is -0.393. The lowest BCUT2D eigenvalue weighted by Gasteiger charge is -2.26. The third-order valence-corrected chi connectivity index (χ3v) is 6.00. The van der Waals surface area contributed by atoms with Crippen molar-refractivity contribution in [3.05, 3.63) is 86.3 Å². The number of hydrogen-bond donors (Lipinski definition) is 2. The van der Waals surface area contributed by atoms with Crippen molar-refractivity contribution in [1.29, 1.82) is 0 Å². The quantitative estimate of drug-likeness (QED) is 0.414. The zero-order valence-electron chi connectivity index (χ0n) is 16.3. The molecule has 0 radical (unpaired) electrons. The average molecular weight is 399 g/mol. The molecule has 0 aliphatic carbocycles. The van der Waals surface area contributed by atoms with Crippen molar-refractivity contribution < 1.29 is 4.42 Å². The number of fused-ring (bicyclic) bond motifs is 5. The first-order valence-corrected chi connectivity index (χ1v) is 9.56. The molecule has 148 valence electrons. The van der Waals surface area contributed by atoms with Crippen LogP contribution in [0.15, 0.2) is 62.7 Å². The number of aromatic amines is 1. The maximum Gasteiger partial charge on any atom is 0.342 e. The topological polar surface area (TPSA) is 97.9 Å². The first-order chi connectivity index (χ1) is 14.5. The second-order valence-corrected chi connectivity index (χ2v) is 7.58. The Morgan fingerprint density at radius 1 is 1.03 bits per heavy atom. The van der Waals surface area contributed by atoms with E-state index in [9.17, 15) is 9.59 Å². The van der Waals surface area contributed by atoms with Crippen LogP contribution in [0.25, 0.3) is 22.0 Å². The number of anilines is 2. The predicted octanol–water partition coefficient (Wildman–Crippen LogP) is 2.94. The summed E-state index contributed by atoms with van der Waals surface area (Å²) in [6, 6.07) is 13.3. The van der Waals surface area contributed by atoms with Crippen LogP contribution >= 0.6 is 0 Å². The monoisotopic (exact) mass is 399 g/mol. The lowest BCUT2D eigenvalue weighted by atomic mass is 9.83. The lowest BCUT2D eigenvalue weighted by molar-refractivity contribution is 0.549. The molecular formula is C22H17N5O3. The number of hydrogen-bond acceptors (Lipinski definition) is 5. The van der Waals surface area contributed by atoms with Gasteiger partial charge >= 0.3 is 11.3 Å². The van der Waals surface area contributed by atoms with Crippen molar-refractivity contribution in [3.63, 3.8) is 0 Å². The van der Waals surface area contributed by atoms with Gasteiger partial charge in [0.05, 0.1) is 28.5 Å². The Bertz CT molecular complexity index is 1600. The molecule has 1 aliphatic heterocycles. The van der Waals surface area contributed by atoms with Crippen LogP contribution in [-0.4, -0.2) is 19.3 Å². The second kappa shape index (κ2) is 5.73. The summed E-state index contributed by atoms with van der Waals surface area (Å²) < 4.78 is 8.88. The van der Waals surface area contributed by atoms with Gasteiger partial charge in [-0.05, 0) is 29.8 Å². The minimum absolute atomic E-state index is 0.0950. The van der Waals surface area contributed by atoms with E-state index in [1.54, 1.807) is 35.5 Å². The summed E-state index contributed by atoms with van der Waals surface area (Å²) in [7, 11) is 3.50. The van der Waals surface area contributed by atoms with E-state index in [1.165, 1.54) is 0 Å². The highest BCUT2D eigenvalue weighted by molar-refractivity contribution is 5.95. The summed E-state index contributed by atoms with van der Waals surface area (Å²) >= 11 is 0. The Balaban J connectivity index is 1.69. The molecule has 8 nitrogen and oxygen atoms in total. The van der Waals surface area contributed by atoms with E-state index in [2.05, 4.69) is 15.5 Å². The van der Waals surface area contributed by atoms with Gasteiger partial charge in [-0.15, -0.1) is 0 Å². The third kappa shape index (κ3) is 2.07. The number of nitrogens with one attached hydrogen (secondary N) is 2. The van der Waals surface area contributed by atoms with E-state index in [0.717, 1.165) is 33.4 Å². The van der Waals surface area contributed by atoms with Gasteiger partial charge in [0, 0.05) is 31.0 Å². The molecule has 4 heterocycles. The average Bonchev–Trinajstić information content (AvgIpc) is 3.31. The maximum atomic E-state index is 13.1. The van der Waals surface area contributed by atoms with Gasteiger partial charge in [0.2, 0.25) is 0 Å². The molecule has 1 atom stereocenters. The number of H-pyrrole nitrogens is 1. The minimum Gasteiger partial charge on any atom is -0.422 e. The molecule has 5 aromatic rings. The van der Waals surface area contributed by atoms with Crippen molar-refractivity contribution in [1.82, 2.24) is 19.3 Å². The highest BCUT2D eigenvalue weighted by Crippen LogP contribution is 2.45. The summed E-state index contributed by atoms with van der Waals surface area (Å²) in [6.07, 6.45) is 1.72. The maximum absolute atomic E-state index is 13.1. The molecule has 0 bridgehead atoms. The number of aryl methyl sites for hydroxylation is 2. The summed E-state index contributed by atoms with van der Waals surface area (Å²) in [5.41, 5.74) is 4.65. The lowest BCUT2D eigenvalue weighted by Crippen LogP contribution is -2.22. The number of aromatic nitrogens is 4. The molecule has 1 aliphatic rings. The SMILES string of the molecule is Cn1c(=O)n(C)c2cc([C@H]3c4cn[nH]c4Nc4c3c(=O)oc3ccccc43)ccc21. The van der Waals surface area contributed by atoms with Crippen molar-refractivity contribution in [2.24, 2.45) is 14.1 Å². The van der Waals surface area contributed by atoms with Gasteiger partial charge in [0.15, 0.2) is 0 Å². The van der Waals surface area contributed by atoms with Gasteiger partial charge < -0.3 is 9.73 Å². The van der Waals surface area contributed by atoms with Crippen LogP contribution in [0, 0.1) is 0 Å². The summed E-state index contributed by atoms with van der Waals surface area (Å²) in [4.78, 5) is 25.5. The van der Waals surface area contributed by atoms with Gasteiger partial charge in [-0.3, -0.25) is 14.2 Å². The van der Waals surface area contributed by atoms with Gasteiger partial charge in [0.1, 0.15) is 11.4 Å². The summed E-state index contributed by atoms with van der Waals surface area (Å²) in [6.45, 7) is 0. The molecule has 0 spiro atoms. The van der Waals surface area contributed by atoms with E-state index < -0.39 is 5.63 Å². The van der Waals surface area contributed by atoms with E-state index >= 15 is 0 Å². The van der Waals surface area contributed by atoms with Crippen molar-refractivity contribution >= 4 is 33.5 Å². The smallest absolute Gasteiger partial charge is 0.342 e. The molecule has 8 heteroatoms. The number of para-hydroxylation sites is 1. The molecule has 0 saturated heterocycles. The normalized spacial score (nSPS) is 15.2. The van der Waals surface area contributed by atoms with Gasteiger partial charge in [-0.2, -0.15) is 5.10 Å². The van der Waals surface area contributed by atoms with E-state index in [4.69, 9.17) is 4.42 Å². The van der Waals surface area contributed by atoms with Gasteiger partial charge in [-0.25, -0.2) is 9.59 Å².